The number of nitrogens with zero attached hydrogens (tertiary/aromatic N) is 1. The first kappa shape index (κ1) is 7.92. The van der Waals surface area contributed by atoms with Crippen molar-refractivity contribution in [2.24, 2.45) is 0 Å². The molecule has 0 saturated heterocycles. The van der Waals surface area contributed by atoms with Crippen LogP contribution in [0.4, 0.5) is 5.69 Å². The molecule has 2 nitrogen and oxygen atoms in total. The Kier molecular flexibility index (Phi) is 2.24. The van der Waals surface area contributed by atoms with Crippen molar-refractivity contribution < 1.29 is 0 Å². The van der Waals surface area contributed by atoms with Crippen molar-refractivity contribution in [1.82, 2.24) is 4.98 Å². The Morgan fingerprint density at radius 1 is 1.30 bits per heavy atom. The molecule has 0 aromatic carbocycles. The predicted octanol–water partition coefficient (Wildman–Crippen LogP) is 2.62. The molecule has 0 radical (unpaired) electrons. The maximum absolute atomic E-state index is 5.59. The van der Waals surface area contributed by atoms with Gasteiger partial charge in [0.25, 0.3) is 0 Å². The Morgan fingerprint density at radius 2 is 1.90 bits per heavy atom. The van der Waals surface area contributed by atoms with Gasteiger partial charge < -0.3 is 5.73 Å². The second-order valence-corrected chi connectivity index (χ2v) is 2.78. The third-order valence-corrected chi connectivity index (χ3v) is 1.72. The third kappa shape index (κ3) is 1.45. The van der Waals surface area contributed by atoms with Crippen LogP contribution in [0, 0.1) is 0 Å². The van der Waals surface area contributed by atoms with Crippen LogP contribution < -0.4 is 5.73 Å². The number of pyridine rings is 1. The standard InChI is InChI=1S/C5H3Cl3N2/c6-2-1-3(7)10-5(8)4(2)9/h1H,9H2. The summed E-state index contributed by atoms with van der Waals surface area (Å²) in [5, 5.41) is 0.701. The van der Waals surface area contributed by atoms with Crippen molar-refractivity contribution in [2.45, 2.75) is 0 Å². The van der Waals surface area contributed by atoms with Crippen LogP contribution in [0.3, 0.4) is 0 Å². The highest BCUT2D eigenvalue weighted by Crippen LogP contribution is 2.27. The fourth-order valence-corrected chi connectivity index (χ4v) is 1.19. The van der Waals surface area contributed by atoms with E-state index in [1.54, 1.807) is 0 Å². The molecule has 1 rings (SSSR count). The van der Waals surface area contributed by atoms with E-state index < -0.39 is 0 Å². The van der Waals surface area contributed by atoms with Crippen LogP contribution in [-0.2, 0) is 0 Å². The predicted molar refractivity (Wildman–Crippen MR) is 43.7 cm³/mol. The van der Waals surface area contributed by atoms with E-state index in [1.165, 1.54) is 6.07 Å². The van der Waals surface area contributed by atoms with Gasteiger partial charge in [-0.2, -0.15) is 0 Å². The van der Waals surface area contributed by atoms with Gasteiger partial charge in [0.1, 0.15) is 5.15 Å². The van der Waals surface area contributed by atoms with Gasteiger partial charge in [0, 0.05) is 0 Å². The maximum Gasteiger partial charge on any atom is 0.155 e. The molecule has 0 fully saturated rings. The normalized spacial score (nSPS) is 9.90. The maximum atomic E-state index is 5.59. The van der Waals surface area contributed by atoms with E-state index in [9.17, 15) is 0 Å². The van der Waals surface area contributed by atoms with Crippen molar-refractivity contribution in [2.75, 3.05) is 5.73 Å². The quantitative estimate of drug-likeness (QED) is 0.649. The second kappa shape index (κ2) is 2.82. The lowest BCUT2D eigenvalue weighted by Crippen LogP contribution is -1.90. The first-order valence-corrected chi connectivity index (χ1v) is 3.51. The first-order valence-electron chi connectivity index (χ1n) is 2.38. The van der Waals surface area contributed by atoms with Crippen LogP contribution in [0.2, 0.25) is 15.3 Å². The molecule has 54 valence electrons. The molecule has 0 aliphatic rings. The molecule has 0 saturated carbocycles. The van der Waals surface area contributed by atoms with Crippen LogP contribution in [0.15, 0.2) is 6.07 Å². The lowest BCUT2D eigenvalue weighted by atomic mass is 10.4. The molecule has 0 aliphatic heterocycles. The lowest BCUT2D eigenvalue weighted by molar-refractivity contribution is 1.33. The summed E-state index contributed by atoms with van der Waals surface area (Å²) >= 11 is 16.6. The third-order valence-electron chi connectivity index (χ3n) is 0.930. The minimum atomic E-state index is 0.137. The monoisotopic (exact) mass is 196 g/mol. The molecule has 1 heterocycles. The van der Waals surface area contributed by atoms with Crippen molar-refractivity contribution in [1.29, 1.82) is 0 Å². The van der Waals surface area contributed by atoms with Crippen LogP contribution in [0.5, 0.6) is 0 Å². The molecule has 1 aromatic heterocycles. The highest BCUT2D eigenvalue weighted by molar-refractivity contribution is 6.40. The van der Waals surface area contributed by atoms with Gasteiger partial charge in [-0.05, 0) is 6.07 Å². The zero-order chi connectivity index (χ0) is 7.72. The van der Waals surface area contributed by atoms with E-state index in [0.717, 1.165) is 0 Å². The zero-order valence-corrected chi connectivity index (χ0v) is 7.00. The highest BCUT2D eigenvalue weighted by atomic mass is 35.5. The molecule has 10 heavy (non-hydrogen) atoms. The van der Waals surface area contributed by atoms with Crippen LogP contribution in [0.25, 0.3) is 0 Å². The molecule has 0 atom stereocenters. The van der Waals surface area contributed by atoms with Crippen LogP contribution in [0.1, 0.15) is 0 Å². The highest BCUT2D eigenvalue weighted by Gasteiger charge is 2.03. The largest absolute Gasteiger partial charge is 0.395 e. The van der Waals surface area contributed by atoms with Crippen LogP contribution in [-0.4, -0.2) is 4.98 Å². The van der Waals surface area contributed by atoms with E-state index in [1.807, 2.05) is 0 Å². The fraction of sp³-hybridized carbons (Fsp3) is 0. The number of nitrogen functional groups attached to an aromatic ring is 1. The lowest BCUT2D eigenvalue weighted by Gasteiger charge is -1.98. The SMILES string of the molecule is Nc1c(Cl)cc(Cl)nc1Cl. The summed E-state index contributed by atoms with van der Waals surface area (Å²) < 4.78 is 0. The molecular formula is C5H3Cl3N2. The molecule has 1 aromatic rings. The van der Waals surface area contributed by atoms with Crippen molar-refractivity contribution in [3.8, 4) is 0 Å². The topological polar surface area (TPSA) is 38.9 Å². The van der Waals surface area contributed by atoms with Gasteiger partial charge in [-0.15, -0.1) is 0 Å². The summed E-state index contributed by atoms with van der Waals surface area (Å²) in [7, 11) is 0. The Labute approximate surface area is 72.9 Å². The summed E-state index contributed by atoms with van der Waals surface area (Å²) in [6.07, 6.45) is 0. The van der Waals surface area contributed by atoms with Gasteiger partial charge in [0.15, 0.2) is 5.15 Å². The smallest absolute Gasteiger partial charge is 0.155 e. The molecule has 0 bridgehead atoms. The van der Waals surface area contributed by atoms with E-state index in [0.29, 0.717) is 5.02 Å². The van der Waals surface area contributed by atoms with Crippen LogP contribution >= 0.6 is 34.8 Å². The second-order valence-electron chi connectivity index (χ2n) is 1.63. The average molecular weight is 197 g/mol. The number of nitrogens with two attached hydrogens (primary N) is 1. The Balaban J connectivity index is 3.31. The van der Waals surface area contributed by atoms with Gasteiger partial charge in [-0.25, -0.2) is 4.98 Å². The number of hydrogen-bond acceptors (Lipinski definition) is 2. The number of hydrogen-bond donors (Lipinski definition) is 1. The fourth-order valence-electron chi connectivity index (χ4n) is 0.467. The number of rotatable bonds is 0. The molecule has 0 spiro atoms. The Morgan fingerprint density at radius 3 is 2.40 bits per heavy atom. The van der Waals surface area contributed by atoms with E-state index in [-0.39, 0.29) is 16.0 Å². The Hall–Kier alpha value is -0.180. The van der Waals surface area contributed by atoms with Crippen molar-refractivity contribution >= 4 is 40.5 Å². The molecule has 0 aliphatic carbocycles. The molecular weight excluding hydrogens is 194 g/mol. The minimum Gasteiger partial charge on any atom is -0.395 e. The van der Waals surface area contributed by atoms with Gasteiger partial charge in [0.2, 0.25) is 0 Å². The van der Waals surface area contributed by atoms with Gasteiger partial charge in [-0.3, -0.25) is 0 Å². The van der Waals surface area contributed by atoms with E-state index in [2.05, 4.69) is 4.98 Å². The summed E-state index contributed by atoms with van der Waals surface area (Å²) in [6.45, 7) is 0. The average Bonchev–Trinajstić information content (AvgIpc) is 1.82. The molecule has 0 unspecified atom stereocenters. The number of halogens is 3. The van der Waals surface area contributed by atoms with Gasteiger partial charge in [0.05, 0.1) is 10.7 Å². The first-order chi connectivity index (χ1) is 4.61. The zero-order valence-electron chi connectivity index (χ0n) is 4.74. The van der Waals surface area contributed by atoms with Gasteiger partial charge >= 0.3 is 0 Å². The summed E-state index contributed by atoms with van der Waals surface area (Å²) in [6, 6.07) is 1.43. The molecule has 2 N–H and O–H groups in total. The summed E-state index contributed by atoms with van der Waals surface area (Å²) in [5.74, 6) is 0. The summed E-state index contributed by atoms with van der Waals surface area (Å²) in [5.41, 5.74) is 5.62. The molecule has 5 heteroatoms. The number of anilines is 1. The van der Waals surface area contributed by atoms with Gasteiger partial charge in [-0.1, -0.05) is 34.8 Å². The number of aromatic nitrogens is 1. The van der Waals surface area contributed by atoms with E-state index in [4.69, 9.17) is 40.5 Å². The minimum absolute atomic E-state index is 0.137. The molecule has 0 amide bonds. The van der Waals surface area contributed by atoms with Crippen molar-refractivity contribution in [3.63, 3.8) is 0 Å². The summed E-state index contributed by atoms with van der Waals surface area (Å²) in [4.78, 5) is 3.66. The van der Waals surface area contributed by atoms with E-state index >= 15 is 0 Å². The Bertz CT molecular complexity index is 238. The van der Waals surface area contributed by atoms with Crippen molar-refractivity contribution in [3.05, 3.63) is 21.4 Å².